The molecule has 0 saturated carbocycles. The van der Waals surface area contributed by atoms with E-state index in [4.69, 9.17) is 20.1 Å². The third-order valence-electron chi connectivity index (χ3n) is 2.90. The molecule has 4 N–H and O–H groups in total. The SMILES string of the molecule is Nc1ccn([C@H]2C[C@H](S(=O)(=O)O)[C@@H](CO)O2)c(=O)n1. The number of ether oxygens (including phenoxy) is 1. The zero-order valence-electron chi connectivity index (χ0n) is 9.71. The van der Waals surface area contributed by atoms with Crippen molar-refractivity contribution in [3.63, 3.8) is 0 Å². The first kappa shape index (κ1) is 13.9. The van der Waals surface area contributed by atoms with Gasteiger partial charge in [0.1, 0.15) is 23.4 Å². The molecule has 1 aliphatic rings. The van der Waals surface area contributed by atoms with Crippen LogP contribution in [0.1, 0.15) is 12.6 Å². The number of aliphatic hydroxyl groups excluding tert-OH is 1. The van der Waals surface area contributed by atoms with E-state index >= 15 is 0 Å². The van der Waals surface area contributed by atoms with Gasteiger partial charge < -0.3 is 15.6 Å². The first-order valence-corrected chi connectivity index (χ1v) is 6.90. The van der Waals surface area contributed by atoms with Gasteiger partial charge in [0.25, 0.3) is 10.1 Å². The van der Waals surface area contributed by atoms with Crippen molar-refractivity contribution in [3.05, 3.63) is 22.7 Å². The van der Waals surface area contributed by atoms with Gasteiger partial charge >= 0.3 is 5.69 Å². The van der Waals surface area contributed by atoms with Gasteiger partial charge in [-0.1, -0.05) is 0 Å². The Balaban J connectivity index is 2.32. The highest BCUT2D eigenvalue weighted by Crippen LogP contribution is 2.31. The molecule has 0 amide bonds. The molecule has 1 fully saturated rings. The molecule has 1 aromatic rings. The van der Waals surface area contributed by atoms with E-state index < -0.39 is 40.0 Å². The molecule has 2 rings (SSSR count). The average Bonchev–Trinajstić information content (AvgIpc) is 2.72. The van der Waals surface area contributed by atoms with E-state index in [9.17, 15) is 13.2 Å². The zero-order valence-corrected chi connectivity index (χ0v) is 10.5. The fourth-order valence-electron chi connectivity index (χ4n) is 1.99. The van der Waals surface area contributed by atoms with E-state index in [1.54, 1.807) is 0 Å². The maximum Gasteiger partial charge on any atom is 0.351 e. The van der Waals surface area contributed by atoms with Crippen LogP contribution >= 0.6 is 0 Å². The lowest BCUT2D eigenvalue weighted by atomic mass is 10.2. The van der Waals surface area contributed by atoms with Crippen LogP contribution in [-0.2, 0) is 14.9 Å². The Morgan fingerprint density at radius 2 is 2.26 bits per heavy atom. The maximum atomic E-state index is 11.6. The van der Waals surface area contributed by atoms with Crippen LogP contribution in [-0.4, -0.2) is 45.6 Å². The van der Waals surface area contributed by atoms with Crippen LogP contribution in [0.25, 0.3) is 0 Å². The van der Waals surface area contributed by atoms with Crippen LogP contribution < -0.4 is 11.4 Å². The molecule has 0 bridgehead atoms. The molecule has 1 aliphatic heterocycles. The Morgan fingerprint density at radius 3 is 2.74 bits per heavy atom. The number of anilines is 1. The lowest BCUT2D eigenvalue weighted by Crippen LogP contribution is -2.32. The number of aliphatic hydroxyl groups is 1. The van der Waals surface area contributed by atoms with Crippen LogP contribution in [0.2, 0.25) is 0 Å². The molecule has 106 valence electrons. The van der Waals surface area contributed by atoms with Crippen LogP contribution in [0.15, 0.2) is 17.1 Å². The number of hydrogen-bond donors (Lipinski definition) is 3. The number of nitrogens with two attached hydrogens (primary N) is 1. The average molecular weight is 291 g/mol. The van der Waals surface area contributed by atoms with Crippen molar-refractivity contribution in [2.75, 3.05) is 12.3 Å². The smallest absolute Gasteiger partial charge is 0.351 e. The van der Waals surface area contributed by atoms with Crippen molar-refractivity contribution in [1.29, 1.82) is 0 Å². The second-order valence-corrected chi connectivity index (χ2v) is 5.78. The molecule has 1 saturated heterocycles. The molecule has 10 heteroatoms. The minimum absolute atomic E-state index is 0.0317. The van der Waals surface area contributed by atoms with Crippen molar-refractivity contribution in [2.24, 2.45) is 0 Å². The first-order chi connectivity index (χ1) is 8.82. The van der Waals surface area contributed by atoms with Crippen molar-refractivity contribution < 1.29 is 22.8 Å². The molecular formula is C9H13N3O6S. The van der Waals surface area contributed by atoms with E-state index in [2.05, 4.69) is 4.98 Å². The van der Waals surface area contributed by atoms with Crippen molar-refractivity contribution >= 4 is 15.9 Å². The van der Waals surface area contributed by atoms with E-state index in [-0.39, 0.29) is 12.2 Å². The van der Waals surface area contributed by atoms with E-state index in [1.165, 1.54) is 12.3 Å². The molecular weight excluding hydrogens is 278 g/mol. The lowest BCUT2D eigenvalue weighted by Gasteiger charge is -2.14. The highest BCUT2D eigenvalue weighted by atomic mass is 32.2. The normalized spacial score (nSPS) is 27.6. The van der Waals surface area contributed by atoms with Crippen molar-refractivity contribution in [2.45, 2.75) is 24.0 Å². The lowest BCUT2D eigenvalue weighted by molar-refractivity contribution is -0.0242. The molecule has 2 heterocycles. The first-order valence-electron chi connectivity index (χ1n) is 5.40. The van der Waals surface area contributed by atoms with Gasteiger partial charge in [-0.05, 0) is 6.07 Å². The van der Waals surface area contributed by atoms with Crippen LogP contribution in [0.5, 0.6) is 0 Å². The molecule has 3 atom stereocenters. The van der Waals surface area contributed by atoms with Crippen LogP contribution in [0, 0.1) is 0 Å². The largest absolute Gasteiger partial charge is 0.394 e. The number of rotatable bonds is 3. The molecule has 0 spiro atoms. The van der Waals surface area contributed by atoms with E-state index in [0.717, 1.165) is 4.57 Å². The summed E-state index contributed by atoms with van der Waals surface area (Å²) in [7, 11) is -4.37. The molecule has 9 nitrogen and oxygen atoms in total. The summed E-state index contributed by atoms with van der Waals surface area (Å²) < 4.78 is 37.7. The summed E-state index contributed by atoms with van der Waals surface area (Å²) in [5.41, 5.74) is 4.64. The Labute approximate surface area is 108 Å². The fraction of sp³-hybridized carbons (Fsp3) is 0.556. The van der Waals surface area contributed by atoms with Gasteiger partial charge in [0, 0.05) is 12.6 Å². The molecule has 1 aromatic heterocycles. The minimum Gasteiger partial charge on any atom is -0.394 e. The van der Waals surface area contributed by atoms with Crippen LogP contribution in [0.3, 0.4) is 0 Å². The molecule has 0 radical (unpaired) electrons. The van der Waals surface area contributed by atoms with E-state index in [1.807, 2.05) is 0 Å². The van der Waals surface area contributed by atoms with E-state index in [0.29, 0.717) is 0 Å². The van der Waals surface area contributed by atoms with Gasteiger partial charge in [0.05, 0.1) is 6.61 Å². The van der Waals surface area contributed by atoms with Crippen molar-refractivity contribution in [3.8, 4) is 0 Å². The highest BCUT2D eigenvalue weighted by Gasteiger charge is 2.43. The van der Waals surface area contributed by atoms with Crippen molar-refractivity contribution in [1.82, 2.24) is 9.55 Å². The second-order valence-electron chi connectivity index (χ2n) is 4.14. The number of hydrogen-bond acceptors (Lipinski definition) is 7. The summed E-state index contributed by atoms with van der Waals surface area (Å²) in [5, 5.41) is 7.77. The highest BCUT2D eigenvalue weighted by molar-refractivity contribution is 7.86. The van der Waals surface area contributed by atoms with Gasteiger partial charge in [-0.15, -0.1) is 0 Å². The predicted molar refractivity (Wildman–Crippen MR) is 63.9 cm³/mol. The Morgan fingerprint density at radius 1 is 1.58 bits per heavy atom. The van der Waals surface area contributed by atoms with Gasteiger partial charge in [-0.25, -0.2) is 4.79 Å². The minimum atomic E-state index is -4.37. The Bertz CT molecular complexity index is 627. The Hall–Kier alpha value is -1.49. The quantitative estimate of drug-likeness (QED) is 0.562. The summed E-state index contributed by atoms with van der Waals surface area (Å²) in [4.78, 5) is 15.1. The monoisotopic (exact) mass is 291 g/mol. The number of nitrogens with zero attached hydrogens (tertiary/aromatic N) is 2. The summed E-state index contributed by atoms with van der Waals surface area (Å²) >= 11 is 0. The van der Waals surface area contributed by atoms with Crippen LogP contribution in [0.4, 0.5) is 5.82 Å². The molecule has 0 unspecified atom stereocenters. The summed E-state index contributed by atoms with van der Waals surface area (Å²) in [5.74, 6) is 0.0317. The third-order valence-corrected chi connectivity index (χ3v) is 4.17. The van der Waals surface area contributed by atoms with Gasteiger partial charge in [-0.3, -0.25) is 9.12 Å². The summed E-state index contributed by atoms with van der Waals surface area (Å²) in [6.07, 6.45) is -0.861. The standard InChI is InChI=1S/C9H13N3O6S/c10-7-1-2-12(9(14)11-7)8-3-6(19(15,16)17)5(4-13)18-8/h1-2,5-6,8,13H,3-4H2,(H2,10,11,14)(H,15,16,17)/t5-,6+,8-/m1/s1. The number of nitrogen functional groups attached to an aromatic ring is 1. The maximum absolute atomic E-state index is 11.6. The third kappa shape index (κ3) is 2.76. The van der Waals surface area contributed by atoms with Gasteiger partial charge in [-0.2, -0.15) is 13.4 Å². The van der Waals surface area contributed by atoms with Gasteiger partial charge in [0.15, 0.2) is 0 Å². The topological polar surface area (TPSA) is 145 Å². The molecule has 0 aliphatic carbocycles. The Kier molecular flexibility index (Phi) is 3.58. The molecule has 0 aromatic carbocycles. The zero-order chi connectivity index (χ0) is 14.2. The second kappa shape index (κ2) is 4.89. The summed E-state index contributed by atoms with van der Waals surface area (Å²) in [6, 6.07) is 1.36. The predicted octanol–water partition coefficient (Wildman–Crippen LogP) is -1.64. The molecule has 19 heavy (non-hydrogen) atoms. The fourth-order valence-corrected chi connectivity index (χ4v) is 2.94. The number of aromatic nitrogens is 2. The van der Waals surface area contributed by atoms with Gasteiger partial charge in [0.2, 0.25) is 0 Å². The summed E-state index contributed by atoms with van der Waals surface area (Å²) in [6.45, 7) is -0.585.